The highest BCUT2D eigenvalue weighted by Crippen LogP contribution is 2.19. The molecule has 1 aliphatic rings. The molecule has 19 heavy (non-hydrogen) atoms. The summed E-state index contributed by atoms with van der Waals surface area (Å²) in [7, 11) is 0. The Kier molecular flexibility index (Phi) is 5.60. The first-order chi connectivity index (χ1) is 8.88. The Morgan fingerprint density at radius 1 is 1.37 bits per heavy atom. The number of ether oxygens (including phenoxy) is 1. The minimum Gasteiger partial charge on any atom is -0.480 e. The predicted octanol–water partition coefficient (Wildman–Crippen LogP) is 1.35. The van der Waals surface area contributed by atoms with E-state index in [0.717, 1.165) is 12.8 Å². The Bertz CT molecular complexity index is 327. The number of urea groups is 1. The summed E-state index contributed by atoms with van der Waals surface area (Å²) in [6.07, 6.45) is 2.17. The van der Waals surface area contributed by atoms with Gasteiger partial charge in [0.05, 0.1) is 0 Å². The van der Waals surface area contributed by atoms with Crippen LogP contribution in [0.5, 0.6) is 0 Å². The average molecular weight is 272 g/mol. The van der Waals surface area contributed by atoms with E-state index in [0.29, 0.717) is 19.6 Å². The highest BCUT2D eigenvalue weighted by Gasteiger charge is 2.31. The average Bonchev–Trinajstić information content (AvgIpc) is 2.35. The minimum atomic E-state index is -0.998. The van der Waals surface area contributed by atoms with Crippen LogP contribution < -0.4 is 10.6 Å². The number of hydrogen-bond donors (Lipinski definition) is 3. The van der Waals surface area contributed by atoms with Crippen LogP contribution in [-0.2, 0) is 9.53 Å². The second kappa shape index (κ2) is 6.75. The van der Waals surface area contributed by atoms with Crippen molar-refractivity contribution in [2.45, 2.75) is 51.6 Å². The number of hydrogen-bond acceptors (Lipinski definition) is 3. The van der Waals surface area contributed by atoms with E-state index in [1.807, 2.05) is 20.8 Å². The SMILES string of the molecule is CC[C@H](C)[C@H](NC(=O)NC1(C)CCOCC1)C(=O)O. The van der Waals surface area contributed by atoms with Gasteiger partial charge in [-0.3, -0.25) is 0 Å². The molecule has 1 rings (SSSR count). The smallest absolute Gasteiger partial charge is 0.326 e. The Morgan fingerprint density at radius 3 is 2.42 bits per heavy atom. The Hall–Kier alpha value is -1.30. The summed E-state index contributed by atoms with van der Waals surface area (Å²) in [4.78, 5) is 23.1. The second-order valence-electron chi connectivity index (χ2n) is 5.47. The lowest BCUT2D eigenvalue weighted by molar-refractivity contribution is -0.140. The van der Waals surface area contributed by atoms with Gasteiger partial charge in [0.25, 0.3) is 0 Å². The number of rotatable bonds is 5. The van der Waals surface area contributed by atoms with E-state index in [2.05, 4.69) is 10.6 Å². The summed E-state index contributed by atoms with van der Waals surface area (Å²) in [5.41, 5.74) is -0.319. The fourth-order valence-electron chi connectivity index (χ4n) is 2.08. The number of amides is 2. The van der Waals surface area contributed by atoms with Crippen molar-refractivity contribution in [3.05, 3.63) is 0 Å². The van der Waals surface area contributed by atoms with Crippen molar-refractivity contribution in [2.24, 2.45) is 5.92 Å². The molecule has 0 aliphatic carbocycles. The van der Waals surface area contributed by atoms with E-state index in [-0.39, 0.29) is 11.5 Å². The molecule has 0 aromatic carbocycles. The molecule has 0 aromatic rings. The second-order valence-corrected chi connectivity index (χ2v) is 5.47. The zero-order chi connectivity index (χ0) is 14.5. The van der Waals surface area contributed by atoms with Crippen LogP contribution in [0.4, 0.5) is 4.79 Å². The summed E-state index contributed by atoms with van der Waals surface area (Å²) in [5, 5.41) is 14.5. The van der Waals surface area contributed by atoms with Crippen LogP contribution in [-0.4, -0.2) is 41.9 Å². The van der Waals surface area contributed by atoms with Crippen molar-refractivity contribution in [1.82, 2.24) is 10.6 Å². The molecule has 6 heteroatoms. The summed E-state index contributed by atoms with van der Waals surface area (Å²) >= 11 is 0. The van der Waals surface area contributed by atoms with Crippen molar-refractivity contribution < 1.29 is 19.4 Å². The van der Waals surface area contributed by atoms with Crippen molar-refractivity contribution in [3.8, 4) is 0 Å². The Morgan fingerprint density at radius 2 is 1.95 bits per heavy atom. The molecule has 0 spiro atoms. The van der Waals surface area contributed by atoms with Gasteiger partial charge < -0.3 is 20.5 Å². The number of carbonyl (C=O) groups is 2. The van der Waals surface area contributed by atoms with Crippen molar-refractivity contribution in [1.29, 1.82) is 0 Å². The van der Waals surface area contributed by atoms with Gasteiger partial charge in [0, 0.05) is 18.8 Å². The van der Waals surface area contributed by atoms with E-state index < -0.39 is 18.0 Å². The Labute approximate surface area is 113 Å². The third-order valence-corrected chi connectivity index (χ3v) is 3.78. The van der Waals surface area contributed by atoms with Gasteiger partial charge in [-0.2, -0.15) is 0 Å². The van der Waals surface area contributed by atoms with E-state index >= 15 is 0 Å². The summed E-state index contributed by atoms with van der Waals surface area (Å²) < 4.78 is 5.26. The molecule has 3 N–H and O–H groups in total. The molecule has 1 fully saturated rings. The monoisotopic (exact) mass is 272 g/mol. The number of aliphatic carboxylic acids is 1. The maximum absolute atomic E-state index is 11.9. The third-order valence-electron chi connectivity index (χ3n) is 3.78. The van der Waals surface area contributed by atoms with E-state index in [4.69, 9.17) is 9.84 Å². The standard InChI is InChI=1S/C13H24N2O4/c1-4-9(2)10(11(16)17)14-12(18)15-13(3)5-7-19-8-6-13/h9-10H,4-8H2,1-3H3,(H,16,17)(H2,14,15,18)/t9-,10-/m0/s1. The molecule has 0 bridgehead atoms. The molecule has 0 radical (unpaired) electrons. The molecule has 1 aliphatic heterocycles. The molecule has 0 saturated carbocycles. The van der Waals surface area contributed by atoms with Crippen LogP contribution in [0.2, 0.25) is 0 Å². The van der Waals surface area contributed by atoms with E-state index in [1.165, 1.54) is 0 Å². The Balaban J connectivity index is 2.55. The van der Waals surface area contributed by atoms with Gasteiger partial charge in [-0.05, 0) is 25.7 Å². The van der Waals surface area contributed by atoms with Gasteiger partial charge in [-0.15, -0.1) is 0 Å². The van der Waals surface area contributed by atoms with Crippen LogP contribution in [0.1, 0.15) is 40.0 Å². The van der Waals surface area contributed by atoms with Crippen LogP contribution in [0.3, 0.4) is 0 Å². The number of carboxylic acids is 1. The zero-order valence-corrected chi connectivity index (χ0v) is 11.9. The first-order valence-electron chi connectivity index (χ1n) is 6.77. The predicted molar refractivity (Wildman–Crippen MR) is 71.0 cm³/mol. The van der Waals surface area contributed by atoms with E-state index in [9.17, 15) is 9.59 Å². The number of carbonyl (C=O) groups excluding carboxylic acids is 1. The molecule has 110 valence electrons. The maximum Gasteiger partial charge on any atom is 0.326 e. The lowest BCUT2D eigenvalue weighted by atomic mass is 9.93. The zero-order valence-electron chi connectivity index (χ0n) is 11.9. The summed E-state index contributed by atoms with van der Waals surface area (Å²) in [6, 6.07) is -1.27. The highest BCUT2D eigenvalue weighted by molar-refractivity contribution is 5.83. The molecule has 1 heterocycles. The van der Waals surface area contributed by atoms with Gasteiger partial charge in [0.2, 0.25) is 0 Å². The van der Waals surface area contributed by atoms with Gasteiger partial charge in [-0.1, -0.05) is 20.3 Å². The van der Waals surface area contributed by atoms with Crippen molar-refractivity contribution in [3.63, 3.8) is 0 Å². The molecule has 0 aromatic heterocycles. The van der Waals surface area contributed by atoms with Crippen molar-refractivity contribution >= 4 is 12.0 Å². The first-order valence-corrected chi connectivity index (χ1v) is 6.77. The molecular weight excluding hydrogens is 248 g/mol. The van der Waals surface area contributed by atoms with Gasteiger partial charge in [0.1, 0.15) is 6.04 Å². The van der Waals surface area contributed by atoms with Crippen LogP contribution >= 0.6 is 0 Å². The van der Waals surface area contributed by atoms with Crippen LogP contribution in [0.15, 0.2) is 0 Å². The fraction of sp³-hybridized carbons (Fsp3) is 0.846. The van der Waals surface area contributed by atoms with Crippen LogP contribution in [0.25, 0.3) is 0 Å². The molecular formula is C13H24N2O4. The normalized spacial score (nSPS) is 21.2. The fourth-order valence-corrected chi connectivity index (χ4v) is 2.08. The first kappa shape index (κ1) is 15.8. The van der Waals surface area contributed by atoms with Gasteiger partial charge >= 0.3 is 12.0 Å². The molecule has 2 amide bonds. The molecule has 1 saturated heterocycles. The summed E-state index contributed by atoms with van der Waals surface area (Å²) in [6.45, 7) is 6.90. The quantitative estimate of drug-likeness (QED) is 0.705. The molecule has 6 nitrogen and oxygen atoms in total. The minimum absolute atomic E-state index is 0.106. The molecule has 2 atom stereocenters. The third kappa shape index (κ3) is 4.70. The highest BCUT2D eigenvalue weighted by atomic mass is 16.5. The maximum atomic E-state index is 11.9. The van der Waals surface area contributed by atoms with Gasteiger partial charge in [-0.25, -0.2) is 9.59 Å². The van der Waals surface area contributed by atoms with Gasteiger partial charge in [0.15, 0.2) is 0 Å². The summed E-state index contributed by atoms with van der Waals surface area (Å²) in [5.74, 6) is -1.10. The number of carboxylic acid groups (broad SMARTS) is 1. The topological polar surface area (TPSA) is 87.7 Å². The van der Waals surface area contributed by atoms with Crippen molar-refractivity contribution in [2.75, 3.05) is 13.2 Å². The van der Waals surface area contributed by atoms with E-state index in [1.54, 1.807) is 0 Å². The largest absolute Gasteiger partial charge is 0.480 e. The number of nitrogens with one attached hydrogen (secondary N) is 2. The molecule has 0 unspecified atom stereocenters. The lowest BCUT2D eigenvalue weighted by Gasteiger charge is -2.35. The van der Waals surface area contributed by atoms with Crippen LogP contribution in [0, 0.1) is 5.92 Å². The lowest BCUT2D eigenvalue weighted by Crippen LogP contribution is -2.56.